The molecule has 0 aliphatic carbocycles. The predicted octanol–water partition coefficient (Wildman–Crippen LogP) is 4.68. The maximum absolute atomic E-state index is 12.3. The van der Waals surface area contributed by atoms with Gasteiger partial charge in [0.15, 0.2) is 0 Å². The summed E-state index contributed by atoms with van der Waals surface area (Å²) in [6.45, 7) is 11.4. The highest BCUT2D eigenvalue weighted by molar-refractivity contribution is 5.92. The fraction of sp³-hybridized carbons (Fsp3) is 0.409. The molecule has 0 spiro atoms. The standard InChI is InChI=1S/C22H31N3O2/c1-5-25(6-2)18-12-13-19(17(4)16-18)24-22(26)14-15-23-20-10-8-9-11-21(20)27-7-3/h8-13,16,23H,5-7,14-15H2,1-4H3,(H,24,26). The summed E-state index contributed by atoms with van der Waals surface area (Å²) in [5.74, 6) is 0.804. The Morgan fingerprint density at radius 3 is 2.44 bits per heavy atom. The third kappa shape index (κ3) is 5.91. The average molecular weight is 370 g/mol. The molecular formula is C22H31N3O2. The van der Waals surface area contributed by atoms with Crippen LogP contribution < -0.4 is 20.3 Å². The van der Waals surface area contributed by atoms with Crippen molar-refractivity contribution < 1.29 is 9.53 Å². The summed E-state index contributed by atoms with van der Waals surface area (Å²) >= 11 is 0. The number of amides is 1. The zero-order chi connectivity index (χ0) is 19.6. The van der Waals surface area contributed by atoms with Gasteiger partial charge in [-0.1, -0.05) is 12.1 Å². The van der Waals surface area contributed by atoms with Crippen molar-refractivity contribution in [2.24, 2.45) is 0 Å². The minimum Gasteiger partial charge on any atom is -0.492 e. The molecule has 1 amide bonds. The zero-order valence-electron chi connectivity index (χ0n) is 16.8. The number of carbonyl (C=O) groups is 1. The highest BCUT2D eigenvalue weighted by Gasteiger charge is 2.08. The molecule has 2 aromatic carbocycles. The number of ether oxygens (including phenoxy) is 1. The first-order valence-corrected chi connectivity index (χ1v) is 9.70. The lowest BCUT2D eigenvalue weighted by atomic mass is 10.1. The Kier molecular flexibility index (Phi) is 7.99. The normalized spacial score (nSPS) is 10.4. The van der Waals surface area contributed by atoms with E-state index in [4.69, 9.17) is 4.74 Å². The van der Waals surface area contributed by atoms with Gasteiger partial charge in [-0.25, -0.2) is 0 Å². The zero-order valence-corrected chi connectivity index (χ0v) is 16.8. The first kappa shape index (κ1) is 20.6. The molecule has 0 aromatic heterocycles. The predicted molar refractivity (Wildman–Crippen MR) is 114 cm³/mol. The molecule has 2 rings (SSSR count). The van der Waals surface area contributed by atoms with Crippen molar-refractivity contribution in [3.63, 3.8) is 0 Å². The summed E-state index contributed by atoms with van der Waals surface area (Å²) in [6.07, 6.45) is 0.387. The van der Waals surface area contributed by atoms with E-state index in [2.05, 4.69) is 41.5 Å². The molecular weight excluding hydrogens is 338 g/mol. The van der Waals surface area contributed by atoms with Gasteiger partial charge in [0.25, 0.3) is 0 Å². The van der Waals surface area contributed by atoms with E-state index in [0.29, 0.717) is 19.6 Å². The molecule has 2 aromatic rings. The third-order valence-electron chi connectivity index (χ3n) is 4.47. The maximum Gasteiger partial charge on any atom is 0.226 e. The molecule has 0 radical (unpaired) electrons. The lowest BCUT2D eigenvalue weighted by Crippen LogP contribution is -2.22. The van der Waals surface area contributed by atoms with E-state index < -0.39 is 0 Å². The van der Waals surface area contributed by atoms with Gasteiger partial charge in [0, 0.05) is 37.4 Å². The van der Waals surface area contributed by atoms with E-state index in [9.17, 15) is 4.79 Å². The van der Waals surface area contributed by atoms with Crippen LogP contribution in [0.2, 0.25) is 0 Å². The van der Waals surface area contributed by atoms with Crippen LogP contribution >= 0.6 is 0 Å². The number of para-hydroxylation sites is 2. The number of hydrogen-bond acceptors (Lipinski definition) is 4. The van der Waals surface area contributed by atoms with Crippen molar-refractivity contribution in [2.75, 3.05) is 41.8 Å². The Bertz CT molecular complexity index is 742. The number of anilines is 3. The van der Waals surface area contributed by atoms with Gasteiger partial charge in [-0.2, -0.15) is 0 Å². The number of benzene rings is 2. The number of aryl methyl sites for hydroxylation is 1. The number of hydrogen-bond donors (Lipinski definition) is 2. The number of carbonyl (C=O) groups excluding carboxylic acids is 1. The van der Waals surface area contributed by atoms with Crippen LogP contribution in [0.4, 0.5) is 17.1 Å². The highest BCUT2D eigenvalue weighted by Crippen LogP contribution is 2.24. The number of nitrogens with zero attached hydrogens (tertiary/aromatic N) is 1. The Balaban J connectivity index is 1.89. The molecule has 2 N–H and O–H groups in total. The molecule has 146 valence electrons. The Morgan fingerprint density at radius 1 is 1.04 bits per heavy atom. The molecule has 27 heavy (non-hydrogen) atoms. The summed E-state index contributed by atoms with van der Waals surface area (Å²) in [6, 6.07) is 13.9. The van der Waals surface area contributed by atoms with Crippen LogP contribution in [-0.4, -0.2) is 32.1 Å². The molecule has 0 atom stereocenters. The van der Waals surface area contributed by atoms with Crippen LogP contribution in [0.25, 0.3) is 0 Å². The fourth-order valence-corrected chi connectivity index (χ4v) is 2.99. The fourth-order valence-electron chi connectivity index (χ4n) is 2.99. The Labute approximate surface area is 162 Å². The summed E-state index contributed by atoms with van der Waals surface area (Å²) in [4.78, 5) is 14.6. The lowest BCUT2D eigenvalue weighted by molar-refractivity contribution is -0.115. The Hall–Kier alpha value is -2.69. The van der Waals surface area contributed by atoms with Crippen LogP contribution in [0.15, 0.2) is 42.5 Å². The van der Waals surface area contributed by atoms with Crippen molar-refractivity contribution in [3.05, 3.63) is 48.0 Å². The topological polar surface area (TPSA) is 53.6 Å². The van der Waals surface area contributed by atoms with Gasteiger partial charge in [-0.05, 0) is 63.6 Å². The largest absolute Gasteiger partial charge is 0.492 e. The molecule has 0 fully saturated rings. The molecule has 0 unspecified atom stereocenters. The summed E-state index contributed by atoms with van der Waals surface area (Å²) in [5.41, 5.74) is 4.03. The van der Waals surface area contributed by atoms with Gasteiger partial charge >= 0.3 is 0 Å². The van der Waals surface area contributed by atoms with Gasteiger partial charge in [-0.3, -0.25) is 4.79 Å². The summed E-state index contributed by atoms with van der Waals surface area (Å²) in [7, 11) is 0. The molecule has 5 heteroatoms. The van der Waals surface area contributed by atoms with Crippen LogP contribution in [0.3, 0.4) is 0 Å². The van der Waals surface area contributed by atoms with E-state index in [1.54, 1.807) is 0 Å². The average Bonchev–Trinajstić information content (AvgIpc) is 2.66. The van der Waals surface area contributed by atoms with Crippen molar-refractivity contribution in [3.8, 4) is 5.75 Å². The van der Waals surface area contributed by atoms with Gasteiger partial charge in [0.05, 0.1) is 12.3 Å². The number of nitrogens with one attached hydrogen (secondary N) is 2. The van der Waals surface area contributed by atoms with Crippen LogP contribution in [0.1, 0.15) is 32.8 Å². The van der Waals surface area contributed by atoms with Crippen molar-refractivity contribution in [2.45, 2.75) is 34.1 Å². The molecule has 0 aliphatic heterocycles. The van der Waals surface area contributed by atoms with Gasteiger partial charge < -0.3 is 20.3 Å². The maximum atomic E-state index is 12.3. The first-order chi connectivity index (χ1) is 13.1. The molecule has 0 saturated carbocycles. The summed E-state index contributed by atoms with van der Waals surface area (Å²) in [5, 5.41) is 6.29. The quantitative estimate of drug-likeness (QED) is 0.638. The van der Waals surface area contributed by atoms with Gasteiger partial charge in [-0.15, -0.1) is 0 Å². The van der Waals surface area contributed by atoms with E-state index in [1.165, 1.54) is 5.69 Å². The minimum atomic E-state index is -0.00456. The van der Waals surface area contributed by atoms with E-state index in [0.717, 1.165) is 35.8 Å². The second-order valence-electron chi connectivity index (χ2n) is 6.33. The van der Waals surface area contributed by atoms with Crippen molar-refractivity contribution in [1.29, 1.82) is 0 Å². The van der Waals surface area contributed by atoms with Crippen LogP contribution in [-0.2, 0) is 4.79 Å². The van der Waals surface area contributed by atoms with Crippen LogP contribution in [0.5, 0.6) is 5.75 Å². The summed E-state index contributed by atoms with van der Waals surface area (Å²) < 4.78 is 5.59. The van der Waals surface area contributed by atoms with Crippen molar-refractivity contribution >= 4 is 23.0 Å². The smallest absolute Gasteiger partial charge is 0.226 e. The van der Waals surface area contributed by atoms with E-state index in [-0.39, 0.29) is 5.91 Å². The van der Waals surface area contributed by atoms with Crippen molar-refractivity contribution in [1.82, 2.24) is 0 Å². The Morgan fingerprint density at radius 2 is 1.78 bits per heavy atom. The van der Waals surface area contributed by atoms with E-state index in [1.807, 2.05) is 44.2 Å². The highest BCUT2D eigenvalue weighted by atomic mass is 16.5. The molecule has 0 aliphatic rings. The third-order valence-corrected chi connectivity index (χ3v) is 4.47. The minimum absolute atomic E-state index is 0.00456. The number of rotatable bonds is 10. The van der Waals surface area contributed by atoms with E-state index >= 15 is 0 Å². The molecule has 0 bridgehead atoms. The molecule has 5 nitrogen and oxygen atoms in total. The van der Waals surface area contributed by atoms with Gasteiger partial charge in [0.2, 0.25) is 5.91 Å². The second-order valence-corrected chi connectivity index (χ2v) is 6.33. The van der Waals surface area contributed by atoms with Gasteiger partial charge in [0.1, 0.15) is 5.75 Å². The first-order valence-electron chi connectivity index (χ1n) is 9.70. The SMILES string of the molecule is CCOc1ccccc1NCCC(=O)Nc1ccc(N(CC)CC)cc1C. The monoisotopic (exact) mass is 369 g/mol. The van der Waals surface area contributed by atoms with Crippen LogP contribution in [0, 0.1) is 6.92 Å². The lowest BCUT2D eigenvalue weighted by Gasteiger charge is -2.22. The second kappa shape index (κ2) is 10.5. The molecule has 0 saturated heterocycles. The molecule has 0 heterocycles.